The van der Waals surface area contributed by atoms with Gasteiger partial charge in [0, 0.05) is 5.54 Å². The van der Waals surface area contributed by atoms with Crippen LogP contribution in [-0.4, -0.2) is 0 Å². The van der Waals surface area contributed by atoms with Crippen LogP contribution >= 0.6 is 0 Å². The third-order valence-electron chi connectivity index (χ3n) is 3.92. The maximum atomic E-state index is 6.20. The summed E-state index contributed by atoms with van der Waals surface area (Å²) >= 11 is 0. The molecule has 0 unspecified atom stereocenters. The lowest BCUT2D eigenvalue weighted by molar-refractivity contribution is 0.726. The molecule has 0 bridgehead atoms. The molecule has 1 aromatic rings. The molecule has 14 heavy (non-hydrogen) atoms. The number of rotatable bonds is 2. The minimum absolute atomic E-state index is 0.0290. The van der Waals surface area contributed by atoms with Crippen molar-refractivity contribution in [3.8, 4) is 0 Å². The highest BCUT2D eigenvalue weighted by molar-refractivity contribution is 5.38. The van der Waals surface area contributed by atoms with Gasteiger partial charge in [-0.05, 0) is 42.2 Å². The molecule has 0 radical (unpaired) electrons. The third kappa shape index (κ3) is 1.19. The van der Waals surface area contributed by atoms with E-state index in [1.165, 1.54) is 24.0 Å². The fourth-order valence-corrected chi connectivity index (χ4v) is 2.10. The lowest BCUT2D eigenvalue weighted by atomic mass is 9.94. The molecular formula is C13H17N. The molecule has 0 aliphatic heterocycles. The van der Waals surface area contributed by atoms with Gasteiger partial charge in [0.15, 0.2) is 0 Å². The summed E-state index contributed by atoms with van der Waals surface area (Å²) in [6.45, 7) is 2.35. The fraction of sp³-hybridized carbons (Fsp3) is 0.538. The second-order valence-corrected chi connectivity index (χ2v) is 5.30. The van der Waals surface area contributed by atoms with Gasteiger partial charge in [0.1, 0.15) is 0 Å². The summed E-state index contributed by atoms with van der Waals surface area (Å²) in [5.74, 6) is 0. The van der Waals surface area contributed by atoms with Crippen molar-refractivity contribution in [1.29, 1.82) is 0 Å². The SMILES string of the molecule is CC1(c2cccc(C3(N)CC3)c2)CC1. The van der Waals surface area contributed by atoms with Crippen LogP contribution < -0.4 is 5.73 Å². The molecule has 2 aliphatic rings. The van der Waals surface area contributed by atoms with E-state index in [9.17, 15) is 0 Å². The second-order valence-electron chi connectivity index (χ2n) is 5.30. The Kier molecular flexibility index (Phi) is 1.46. The van der Waals surface area contributed by atoms with Gasteiger partial charge in [-0.15, -0.1) is 0 Å². The minimum atomic E-state index is 0.0290. The summed E-state index contributed by atoms with van der Waals surface area (Å²) in [6, 6.07) is 8.94. The first-order valence-electron chi connectivity index (χ1n) is 5.52. The molecule has 0 aromatic heterocycles. The summed E-state index contributed by atoms with van der Waals surface area (Å²) in [7, 11) is 0. The van der Waals surface area contributed by atoms with Crippen molar-refractivity contribution in [2.75, 3.05) is 0 Å². The van der Waals surface area contributed by atoms with E-state index in [-0.39, 0.29) is 5.54 Å². The monoisotopic (exact) mass is 187 g/mol. The third-order valence-corrected chi connectivity index (χ3v) is 3.92. The normalized spacial score (nSPS) is 25.9. The summed E-state index contributed by atoms with van der Waals surface area (Å²) in [6.07, 6.45) is 5.00. The van der Waals surface area contributed by atoms with Crippen molar-refractivity contribution >= 4 is 0 Å². The Bertz CT molecular complexity index is 339. The van der Waals surface area contributed by atoms with E-state index in [2.05, 4.69) is 31.2 Å². The molecular weight excluding hydrogens is 170 g/mol. The first-order chi connectivity index (χ1) is 6.62. The Morgan fingerprint density at radius 1 is 1.07 bits per heavy atom. The van der Waals surface area contributed by atoms with Gasteiger partial charge in [0.05, 0.1) is 0 Å². The van der Waals surface area contributed by atoms with Gasteiger partial charge in [0.25, 0.3) is 0 Å². The van der Waals surface area contributed by atoms with Crippen molar-refractivity contribution in [3.63, 3.8) is 0 Å². The highest BCUT2D eigenvalue weighted by atomic mass is 14.8. The van der Waals surface area contributed by atoms with Crippen LogP contribution in [0, 0.1) is 0 Å². The van der Waals surface area contributed by atoms with Gasteiger partial charge in [0.2, 0.25) is 0 Å². The summed E-state index contributed by atoms with van der Waals surface area (Å²) in [5, 5.41) is 0. The average Bonchev–Trinajstić information content (AvgIpc) is 3.08. The Balaban J connectivity index is 1.99. The minimum Gasteiger partial charge on any atom is -0.321 e. The van der Waals surface area contributed by atoms with Gasteiger partial charge in [-0.2, -0.15) is 0 Å². The van der Waals surface area contributed by atoms with Gasteiger partial charge in [-0.1, -0.05) is 31.2 Å². The molecule has 2 saturated carbocycles. The molecule has 0 amide bonds. The molecule has 2 fully saturated rings. The van der Waals surface area contributed by atoms with Crippen molar-refractivity contribution in [2.24, 2.45) is 5.73 Å². The van der Waals surface area contributed by atoms with Gasteiger partial charge >= 0.3 is 0 Å². The molecule has 0 saturated heterocycles. The molecule has 3 rings (SSSR count). The first kappa shape index (κ1) is 8.49. The van der Waals surface area contributed by atoms with E-state index < -0.39 is 0 Å². The van der Waals surface area contributed by atoms with E-state index in [4.69, 9.17) is 5.73 Å². The molecule has 2 N–H and O–H groups in total. The predicted octanol–water partition coefficient (Wildman–Crippen LogP) is 2.69. The van der Waals surface area contributed by atoms with E-state index in [1.807, 2.05) is 0 Å². The maximum absolute atomic E-state index is 6.20. The summed E-state index contributed by atoms with van der Waals surface area (Å²) in [4.78, 5) is 0. The van der Waals surface area contributed by atoms with Crippen LogP contribution in [0.2, 0.25) is 0 Å². The molecule has 0 heterocycles. The zero-order valence-electron chi connectivity index (χ0n) is 8.72. The van der Waals surface area contributed by atoms with E-state index in [0.717, 1.165) is 12.8 Å². The smallest absolute Gasteiger partial charge is 0.0411 e. The number of hydrogen-bond donors (Lipinski definition) is 1. The highest BCUT2D eigenvalue weighted by Gasteiger charge is 2.43. The van der Waals surface area contributed by atoms with E-state index in [1.54, 1.807) is 0 Å². The lowest BCUT2D eigenvalue weighted by Gasteiger charge is -2.14. The van der Waals surface area contributed by atoms with Crippen LogP contribution in [0.15, 0.2) is 24.3 Å². The number of hydrogen-bond acceptors (Lipinski definition) is 1. The van der Waals surface area contributed by atoms with Crippen LogP contribution in [-0.2, 0) is 11.0 Å². The molecule has 1 nitrogen and oxygen atoms in total. The van der Waals surface area contributed by atoms with Crippen molar-refractivity contribution in [1.82, 2.24) is 0 Å². The molecule has 0 spiro atoms. The Labute approximate surface area is 85.3 Å². The predicted molar refractivity (Wildman–Crippen MR) is 58.1 cm³/mol. The standard InChI is InChI=1S/C13H17N/c1-12(5-6-12)10-3-2-4-11(9-10)13(14)7-8-13/h2-4,9H,5-8,14H2,1H3. The van der Waals surface area contributed by atoms with Crippen LogP contribution in [0.3, 0.4) is 0 Å². The first-order valence-corrected chi connectivity index (χ1v) is 5.52. The lowest BCUT2D eigenvalue weighted by Crippen LogP contribution is -2.19. The average molecular weight is 187 g/mol. The summed E-state index contributed by atoms with van der Waals surface area (Å²) in [5.41, 5.74) is 9.55. The fourth-order valence-electron chi connectivity index (χ4n) is 2.10. The number of benzene rings is 1. The Morgan fingerprint density at radius 2 is 1.71 bits per heavy atom. The summed E-state index contributed by atoms with van der Waals surface area (Å²) < 4.78 is 0. The van der Waals surface area contributed by atoms with Crippen molar-refractivity contribution < 1.29 is 0 Å². The molecule has 1 heteroatoms. The largest absolute Gasteiger partial charge is 0.321 e. The van der Waals surface area contributed by atoms with Crippen molar-refractivity contribution in [2.45, 2.75) is 43.6 Å². The molecule has 74 valence electrons. The van der Waals surface area contributed by atoms with Crippen LogP contribution in [0.4, 0.5) is 0 Å². The zero-order chi connectivity index (χ0) is 9.81. The van der Waals surface area contributed by atoms with Crippen LogP contribution in [0.25, 0.3) is 0 Å². The van der Waals surface area contributed by atoms with E-state index in [0.29, 0.717) is 5.41 Å². The molecule has 0 atom stereocenters. The van der Waals surface area contributed by atoms with Gasteiger partial charge < -0.3 is 5.73 Å². The zero-order valence-corrected chi connectivity index (χ0v) is 8.72. The molecule has 1 aromatic carbocycles. The highest BCUT2D eigenvalue weighted by Crippen LogP contribution is 2.49. The van der Waals surface area contributed by atoms with Crippen LogP contribution in [0.1, 0.15) is 43.7 Å². The van der Waals surface area contributed by atoms with Gasteiger partial charge in [-0.25, -0.2) is 0 Å². The second kappa shape index (κ2) is 2.40. The van der Waals surface area contributed by atoms with Crippen molar-refractivity contribution in [3.05, 3.63) is 35.4 Å². The number of nitrogens with two attached hydrogens (primary N) is 1. The topological polar surface area (TPSA) is 26.0 Å². The molecule has 2 aliphatic carbocycles. The quantitative estimate of drug-likeness (QED) is 0.757. The van der Waals surface area contributed by atoms with Crippen LogP contribution in [0.5, 0.6) is 0 Å². The maximum Gasteiger partial charge on any atom is 0.0411 e. The Morgan fingerprint density at radius 3 is 2.29 bits per heavy atom. The van der Waals surface area contributed by atoms with Gasteiger partial charge in [-0.3, -0.25) is 0 Å². The van der Waals surface area contributed by atoms with E-state index >= 15 is 0 Å². The Hall–Kier alpha value is -0.820.